The third-order valence-electron chi connectivity index (χ3n) is 6.23. The first-order chi connectivity index (χ1) is 14.2. The summed E-state index contributed by atoms with van der Waals surface area (Å²) in [6.45, 7) is 4.46. The lowest BCUT2D eigenvalue weighted by molar-refractivity contribution is 0.475. The van der Waals surface area contributed by atoms with E-state index < -0.39 is 0 Å². The molecule has 0 aliphatic heterocycles. The second kappa shape index (κ2) is 6.97. The van der Waals surface area contributed by atoms with Gasteiger partial charge in [-0.25, -0.2) is 0 Å². The number of hydrogen-bond donors (Lipinski definition) is 1. The minimum Gasteiger partial charge on any atom is -0.508 e. The van der Waals surface area contributed by atoms with Crippen LogP contribution in [-0.2, 0) is 19.3 Å². The van der Waals surface area contributed by atoms with Crippen molar-refractivity contribution in [3.8, 4) is 33.8 Å². The zero-order chi connectivity index (χ0) is 20.0. The first-order valence-corrected chi connectivity index (χ1v) is 10.4. The number of aromatic nitrogens is 1. The van der Waals surface area contributed by atoms with Gasteiger partial charge in [-0.1, -0.05) is 55.5 Å². The average molecular weight is 380 g/mol. The number of aromatic hydroxyl groups is 1. The number of hydrogen-bond acceptors (Lipinski definition) is 1. The number of rotatable bonds is 3. The largest absolute Gasteiger partial charge is 0.508 e. The fraction of sp³-hybridized carbons (Fsp3) is 0.185. The van der Waals surface area contributed by atoms with Crippen molar-refractivity contribution in [2.45, 2.75) is 33.1 Å². The smallest absolute Gasteiger partial charge is 0.115 e. The summed E-state index contributed by atoms with van der Waals surface area (Å²) in [7, 11) is 0. The number of aryl methyl sites for hydroxylation is 2. The minimum atomic E-state index is 0.296. The van der Waals surface area contributed by atoms with Gasteiger partial charge in [0.2, 0.25) is 0 Å². The lowest BCUT2D eigenvalue weighted by Crippen LogP contribution is -2.03. The number of fused-ring (bicyclic) bond motifs is 3. The minimum absolute atomic E-state index is 0.296. The molecule has 2 nitrogen and oxygen atoms in total. The summed E-state index contributed by atoms with van der Waals surface area (Å²) in [5, 5.41) is 9.82. The number of nitrogens with zero attached hydrogens (tertiary/aromatic N) is 1. The Hall–Kier alpha value is -3.26. The lowest BCUT2D eigenvalue weighted by atomic mass is 9.84. The Morgan fingerprint density at radius 1 is 0.828 bits per heavy atom. The monoisotopic (exact) mass is 379 g/mol. The van der Waals surface area contributed by atoms with Crippen LogP contribution in [0.5, 0.6) is 5.75 Å². The highest BCUT2D eigenvalue weighted by molar-refractivity contribution is 5.90. The number of phenols is 1. The molecule has 2 heteroatoms. The van der Waals surface area contributed by atoms with Crippen molar-refractivity contribution in [1.29, 1.82) is 0 Å². The van der Waals surface area contributed by atoms with E-state index >= 15 is 0 Å². The van der Waals surface area contributed by atoms with E-state index in [1.54, 1.807) is 12.1 Å². The molecule has 0 atom stereocenters. The van der Waals surface area contributed by atoms with Gasteiger partial charge in [-0.05, 0) is 72.7 Å². The summed E-state index contributed by atoms with van der Waals surface area (Å²) >= 11 is 0. The zero-order valence-electron chi connectivity index (χ0n) is 16.9. The van der Waals surface area contributed by atoms with Crippen molar-refractivity contribution >= 4 is 0 Å². The molecule has 3 aromatic carbocycles. The number of phenolic OH excluding ortho intramolecular Hbond substituents is 1. The third kappa shape index (κ3) is 2.79. The van der Waals surface area contributed by atoms with Crippen LogP contribution in [-0.4, -0.2) is 9.67 Å². The highest BCUT2D eigenvalue weighted by Crippen LogP contribution is 2.46. The molecule has 0 amide bonds. The van der Waals surface area contributed by atoms with Crippen LogP contribution in [0.25, 0.3) is 28.1 Å². The Kier molecular flexibility index (Phi) is 4.28. The van der Waals surface area contributed by atoms with Crippen LogP contribution in [0.3, 0.4) is 0 Å². The summed E-state index contributed by atoms with van der Waals surface area (Å²) in [6.07, 6.45) is 3.13. The summed E-state index contributed by atoms with van der Waals surface area (Å²) in [5.74, 6) is 0.296. The molecule has 29 heavy (non-hydrogen) atoms. The van der Waals surface area contributed by atoms with Gasteiger partial charge in [0.05, 0.1) is 5.69 Å². The summed E-state index contributed by atoms with van der Waals surface area (Å²) < 4.78 is 2.39. The van der Waals surface area contributed by atoms with Gasteiger partial charge in [0.25, 0.3) is 0 Å². The van der Waals surface area contributed by atoms with E-state index in [9.17, 15) is 5.11 Å². The van der Waals surface area contributed by atoms with Gasteiger partial charge in [-0.3, -0.25) is 0 Å². The molecule has 0 spiro atoms. The van der Waals surface area contributed by atoms with Gasteiger partial charge in [-0.15, -0.1) is 0 Å². The Morgan fingerprint density at radius 3 is 2.28 bits per heavy atom. The standard InChI is InChI=1S/C27H25NO/c1-3-19-8-4-7-11-25(19)27-26-23(17-12-20-9-5-6-10-24(20)26)18(2)28(27)21-13-15-22(29)16-14-21/h4-11,13-16,29H,3,12,17H2,1-2H3. The van der Waals surface area contributed by atoms with Crippen LogP contribution in [0, 0.1) is 6.92 Å². The van der Waals surface area contributed by atoms with Crippen LogP contribution in [0.15, 0.2) is 72.8 Å². The quantitative estimate of drug-likeness (QED) is 0.433. The van der Waals surface area contributed by atoms with E-state index in [0.717, 1.165) is 24.9 Å². The van der Waals surface area contributed by atoms with Gasteiger partial charge < -0.3 is 9.67 Å². The van der Waals surface area contributed by atoms with E-state index in [0.29, 0.717) is 5.75 Å². The Bertz CT molecular complexity index is 1200. The fourth-order valence-electron chi connectivity index (χ4n) is 4.82. The molecule has 1 heterocycles. The van der Waals surface area contributed by atoms with Crippen molar-refractivity contribution in [3.05, 3.63) is 95.2 Å². The van der Waals surface area contributed by atoms with Gasteiger partial charge in [-0.2, -0.15) is 0 Å². The second-order valence-corrected chi connectivity index (χ2v) is 7.81. The molecule has 0 saturated heterocycles. The van der Waals surface area contributed by atoms with Crippen molar-refractivity contribution in [3.63, 3.8) is 0 Å². The normalized spacial score (nSPS) is 12.5. The lowest BCUT2D eigenvalue weighted by Gasteiger charge is -2.20. The van der Waals surface area contributed by atoms with E-state index in [1.807, 2.05) is 12.1 Å². The van der Waals surface area contributed by atoms with E-state index in [-0.39, 0.29) is 0 Å². The first kappa shape index (κ1) is 17.8. The Labute approximate surface area is 172 Å². The predicted octanol–water partition coefficient (Wildman–Crippen LogP) is 6.49. The molecule has 0 fully saturated rings. The SMILES string of the molecule is CCc1ccccc1-c1c2c(c(C)n1-c1ccc(O)cc1)CCc1ccccc1-2. The maximum absolute atomic E-state index is 9.82. The van der Waals surface area contributed by atoms with Crippen LogP contribution in [0.4, 0.5) is 0 Å². The molecule has 1 N–H and O–H groups in total. The van der Waals surface area contributed by atoms with Crippen molar-refractivity contribution in [2.75, 3.05) is 0 Å². The molecule has 4 aromatic rings. The van der Waals surface area contributed by atoms with Crippen LogP contribution in [0.2, 0.25) is 0 Å². The molecule has 5 rings (SSSR count). The van der Waals surface area contributed by atoms with Gasteiger partial charge in [0, 0.05) is 22.5 Å². The third-order valence-corrected chi connectivity index (χ3v) is 6.23. The first-order valence-electron chi connectivity index (χ1n) is 10.4. The zero-order valence-corrected chi connectivity index (χ0v) is 16.9. The summed E-state index contributed by atoms with van der Waals surface area (Å²) in [4.78, 5) is 0. The maximum Gasteiger partial charge on any atom is 0.115 e. The maximum atomic E-state index is 9.82. The van der Waals surface area contributed by atoms with Gasteiger partial charge in [0.1, 0.15) is 5.75 Å². The average Bonchev–Trinajstić information content (AvgIpc) is 3.07. The molecule has 0 radical (unpaired) electrons. The summed E-state index contributed by atoms with van der Waals surface area (Å²) in [5.41, 5.74) is 11.9. The van der Waals surface area contributed by atoms with Crippen LogP contribution in [0.1, 0.15) is 29.3 Å². The van der Waals surface area contributed by atoms with Crippen molar-refractivity contribution in [1.82, 2.24) is 4.57 Å². The van der Waals surface area contributed by atoms with E-state index in [2.05, 4.69) is 66.9 Å². The molecule has 1 aliphatic rings. The van der Waals surface area contributed by atoms with Crippen LogP contribution < -0.4 is 0 Å². The second-order valence-electron chi connectivity index (χ2n) is 7.81. The molecule has 1 aliphatic carbocycles. The topological polar surface area (TPSA) is 25.2 Å². The van der Waals surface area contributed by atoms with Gasteiger partial charge in [0.15, 0.2) is 0 Å². The van der Waals surface area contributed by atoms with E-state index in [4.69, 9.17) is 0 Å². The number of benzene rings is 3. The molecule has 0 saturated carbocycles. The molecular weight excluding hydrogens is 354 g/mol. The van der Waals surface area contributed by atoms with E-state index in [1.165, 1.54) is 44.8 Å². The van der Waals surface area contributed by atoms with Gasteiger partial charge >= 0.3 is 0 Å². The van der Waals surface area contributed by atoms with Crippen LogP contribution >= 0.6 is 0 Å². The molecular formula is C27H25NO. The molecule has 0 bridgehead atoms. The molecule has 0 unspecified atom stereocenters. The van der Waals surface area contributed by atoms with Crippen molar-refractivity contribution in [2.24, 2.45) is 0 Å². The summed E-state index contributed by atoms with van der Waals surface area (Å²) in [6, 6.07) is 25.2. The molecule has 144 valence electrons. The van der Waals surface area contributed by atoms with Crippen molar-refractivity contribution < 1.29 is 5.11 Å². The Balaban J connectivity index is 1.90. The Morgan fingerprint density at radius 2 is 1.52 bits per heavy atom. The fourth-order valence-corrected chi connectivity index (χ4v) is 4.82. The molecule has 1 aromatic heterocycles. The predicted molar refractivity (Wildman–Crippen MR) is 120 cm³/mol. The highest BCUT2D eigenvalue weighted by Gasteiger charge is 2.28. The highest BCUT2D eigenvalue weighted by atomic mass is 16.3.